The molecule has 0 unspecified atom stereocenters. The van der Waals surface area contributed by atoms with Crippen molar-refractivity contribution in [3.63, 3.8) is 0 Å². The first kappa shape index (κ1) is 14.1. The first-order valence-electron chi connectivity index (χ1n) is 7.05. The summed E-state index contributed by atoms with van der Waals surface area (Å²) in [5.74, 6) is 0.810. The third kappa shape index (κ3) is 3.08. The van der Waals surface area contributed by atoms with Gasteiger partial charge in [0.25, 0.3) is 0 Å². The van der Waals surface area contributed by atoms with Gasteiger partial charge in [0, 0.05) is 4.88 Å². The maximum Gasteiger partial charge on any atom is 0.227 e. The molecular formula is C16H18N2O2S. The van der Waals surface area contributed by atoms with E-state index in [-0.39, 0.29) is 11.8 Å². The Morgan fingerprint density at radius 2 is 2.24 bits per heavy atom. The highest BCUT2D eigenvalue weighted by atomic mass is 32.1. The van der Waals surface area contributed by atoms with Crippen molar-refractivity contribution in [2.24, 2.45) is 5.92 Å². The summed E-state index contributed by atoms with van der Waals surface area (Å²) in [5.41, 5.74) is 2.14. The van der Waals surface area contributed by atoms with Crippen LogP contribution in [0.4, 0.5) is 0 Å². The summed E-state index contributed by atoms with van der Waals surface area (Å²) in [7, 11) is 0. The fourth-order valence-corrected chi connectivity index (χ4v) is 3.29. The molecule has 1 aromatic heterocycles. The smallest absolute Gasteiger partial charge is 0.227 e. The number of ether oxygens (including phenoxy) is 1. The van der Waals surface area contributed by atoms with Crippen LogP contribution in [-0.2, 0) is 17.8 Å². The molecule has 1 aromatic carbocycles. The van der Waals surface area contributed by atoms with Gasteiger partial charge in [-0.3, -0.25) is 4.79 Å². The van der Waals surface area contributed by atoms with E-state index in [2.05, 4.69) is 10.3 Å². The number of thiazole rings is 1. The molecule has 1 aliphatic heterocycles. The predicted molar refractivity (Wildman–Crippen MR) is 82.6 cm³/mol. The van der Waals surface area contributed by atoms with Crippen molar-refractivity contribution in [2.45, 2.75) is 26.8 Å². The quantitative estimate of drug-likeness (QED) is 0.948. The van der Waals surface area contributed by atoms with Gasteiger partial charge in [0.2, 0.25) is 5.91 Å². The van der Waals surface area contributed by atoms with Crippen molar-refractivity contribution in [1.29, 1.82) is 0 Å². The van der Waals surface area contributed by atoms with Gasteiger partial charge in [-0.1, -0.05) is 18.2 Å². The minimum absolute atomic E-state index is 0.0370. The number of hydrogen-bond acceptors (Lipinski definition) is 4. The van der Waals surface area contributed by atoms with Crippen LogP contribution >= 0.6 is 11.3 Å². The summed E-state index contributed by atoms with van der Waals surface area (Å²) in [6.07, 6.45) is 0.734. The van der Waals surface area contributed by atoms with Gasteiger partial charge in [-0.15, -0.1) is 11.3 Å². The molecule has 1 aliphatic rings. The zero-order valence-corrected chi connectivity index (χ0v) is 13.0. The Morgan fingerprint density at radius 1 is 1.43 bits per heavy atom. The first-order valence-corrected chi connectivity index (χ1v) is 7.86. The molecule has 1 N–H and O–H groups in total. The predicted octanol–water partition coefficient (Wildman–Crippen LogP) is 2.63. The normalized spacial score (nSPS) is 17.0. The topological polar surface area (TPSA) is 51.2 Å². The highest BCUT2D eigenvalue weighted by Crippen LogP contribution is 2.27. The molecule has 0 spiro atoms. The maximum absolute atomic E-state index is 12.3. The summed E-state index contributed by atoms with van der Waals surface area (Å²) in [6.45, 7) is 4.97. The number of benzene rings is 1. The third-order valence-electron chi connectivity index (χ3n) is 3.74. The number of amides is 1. The maximum atomic E-state index is 12.3. The van der Waals surface area contributed by atoms with Gasteiger partial charge >= 0.3 is 0 Å². The number of nitrogens with one attached hydrogen (secondary N) is 1. The molecule has 5 heteroatoms. The number of para-hydroxylation sites is 1. The van der Waals surface area contributed by atoms with E-state index in [1.54, 1.807) is 11.3 Å². The van der Waals surface area contributed by atoms with Gasteiger partial charge in [0.15, 0.2) is 0 Å². The van der Waals surface area contributed by atoms with Crippen LogP contribution in [0, 0.1) is 19.8 Å². The lowest BCUT2D eigenvalue weighted by atomic mass is 9.96. The molecule has 0 saturated heterocycles. The average molecular weight is 302 g/mol. The van der Waals surface area contributed by atoms with Gasteiger partial charge in [0.05, 0.1) is 18.2 Å². The lowest BCUT2D eigenvalue weighted by Gasteiger charge is -2.24. The van der Waals surface area contributed by atoms with Gasteiger partial charge < -0.3 is 10.1 Å². The highest BCUT2D eigenvalue weighted by molar-refractivity contribution is 7.11. The zero-order valence-electron chi connectivity index (χ0n) is 12.2. The van der Waals surface area contributed by atoms with E-state index >= 15 is 0 Å². The number of aromatic nitrogens is 1. The van der Waals surface area contributed by atoms with Crippen molar-refractivity contribution in [2.75, 3.05) is 6.61 Å². The lowest BCUT2D eigenvalue weighted by Crippen LogP contribution is -2.37. The molecule has 21 heavy (non-hydrogen) atoms. The zero-order chi connectivity index (χ0) is 14.8. The van der Waals surface area contributed by atoms with E-state index < -0.39 is 0 Å². The van der Waals surface area contributed by atoms with Crippen LogP contribution in [-0.4, -0.2) is 17.5 Å². The molecule has 4 nitrogen and oxygen atoms in total. The fourth-order valence-electron chi connectivity index (χ4n) is 2.42. The molecule has 2 aromatic rings. The van der Waals surface area contributed by atoms with Crippen LogP contribution in [0.15, 0.2) is 24.3 Å². The van der Waals surface area contributed by atoms with Crippen LogP contribution in [0.1, 0.15) is 21.1 Å². The Kier molecular flexibility index (Phi) is 3.92. The number of hydrogen-bond donors (Lipinski definition) is 1. The molecule has 1 amide bonds. The number of nitrogens with zero attached hydrogens (tertiary/aromatic N) is 1. The van der Waals surface area contributed by atoms with Crippen molar-refractivity contribution >= 4 is 17.2 Å². The summed E-state index contributed by atoms with van der Waals surface area (Å²) < 4.78 is 5.66. The van der Waals surface area contributed by atoms with Crippen LogP contribution in [0.25, 0.3) is 0 Å². The number of fused-ring (bicyclic) bond motifs is 1. The summed E-state index contributed by atoms with van der Waals surface area (Å²) >= 11 is 1.63. The van der Waals surface area contributed by atoms with Crippen LogP contribution in [0.5, 0.6) is 5.75 Å². The molecule has 0 saturated carbocycles. The van der Waals surface area contributed by atoms with E-state index in [9.17, 15) is 4.79 Å². The molecule has 0 radical (unpaired) electrons. The Labute approximate surface area is 128 Å². The second kappa shape index (κ2) is 5.85. The Hall–Kier alpha value is -1.88. The molecular weight excluding hydrogens is 284 g/mol. The van der Waals surface area contributed by atoms with Gasteiger partial charge in [-0.2, -0.15) is 0 Å². The minimum atomic E-state index is -0.123. The van der Waals surface area contributed by atoms with E-state index in [1.165, 1.54) is 4.88 Å². The average Bonchev–Trinajstić information content (AvgIpc) is 2.83. The van der Waals surface area contributed by atoms with Gasteiger partial charge in [0.1, 0.15) is 17.4 Å². The molecule has 1 atom stereocenters. The van der Waals surface area contributed by atoms with E-state index in [1.807, 2.05) is 38.1 Å². The molecule has 0 aliphatic carbocycles. The van der Waals surface area contributed by atoms with E-state index in [0.29, 0.717) is 13.2 Å². The molecule has 0 fully saturated rings. The molecule has 2 heterocycles. The van der Waals surface area contributed by atoms with E-state index in [4.69, 9.17) is 4.74 Å². The molecule has 3 rings (SSSR count). The number of carbonyl (C=O) groups excluding carboxylic acids is 1. The number of aryl methyl sites for hydroxylation is 2. The molecule has 0 bridgehead atoms. The van der Waals surface area contributed by atoms with Gasteiger partial charge in [-0.05, 0) is 31.9 Å². The Balaban J connectivity index is 1.59. The van der Waals surface area contributed by atoms with Crippen molar-refractivity contribution in [1.82, 2.24) is 10.3 Å². The number of rotatable bonds is 3. The summed E-state index contributed by atoms with van der Waals surface area (Å²) in [5, 5.41) is 3.92. The third-order valence-corrected chi connectivity index (χ3v) is 4.81. The minimum Gasteiger partial charge on any atom is -0.492 e. The highest BCUT2D eigenvalue weighted by Gasteiger charge is 2.25. The first-order chi connectivity index (χ1) is 10.1. The van der Waals surface area contributed by atoms with Crippen LogP contribution in [0.3, 0.4) is 0 Å². The number of carbonyl (C=O) groups is 1. The van der Waals surface area contributed by atoms with Crippen LogP contribution < -0.4 is 10.1 Å². The lowest BCUT2D eigenvalue weighted by molar-refractivity contribution is -0.126. The monoisotopic (exact) mass is 302 g/mol. The second-order valence-electron chi connectivity index (χ2n) is 5.29. The standard InChI is InChI=1S/C16H18N2O2S/c1-10-11(2)21-15(18-10)8-17-16(19)13-7-12-5-3-4-6-14(12)20-9-13/h3-6,13H,7-9H2,1-2H3,(H,17,19)/t13-/m0/s1. The van der Waals surface area contributed by atoms with Crippen molar-refractivity contribution in [3.05, 3.63) is 45.4 Å². The van der Waals surface area contributed by atoms with Gasteiger partial charge in [-0.25, -0.2) is 4.98 Å². The largest absolute Gasteiger partial charge is 0.492 e. The van der Waals surface area contributed by atoms with Crippen LogP contribution in [0.2, 0.25) is 0 Å². The van der Waals surface area contributed by atoms with Crippen molar-refractivity contribution < 1.29 is 9.53 Å². The van der Waals surface area contributed by atoms with E-state index in [0.717, 1.165) is 28.4 Å². The fraction of sp³-hybridized carbons (Fsp3) is 0.375. The van der Waals surface area contributed by atoms with Crippen molar-refractivity contribution in [3.8, 4) is 5.75 Å². The second-order valence-corrected chi connectivity index (χ2v) is 6.57. The molecule has 110 valence electrons. The Bertz CT molecular complexity index is 647. The SMILES string of the molecule is Cc1nc(CNC(=O)[C@@H]2COc3ccccc3C2)sc1C. The summed E-state index contributed by atoms with van der Waals surface area (Å²) in [6, 6.07) is 7.89. The summed E-state index contributed by atoms with van der Waals surface area (Å²) in [4.78, 5) is 17.9. The Morgan fingerprint density at radius 3 is 3.00 bits per heavy atom.